The molecule has 0 bridgehead atoms. The Labute approximate surface area is 118 Å². The number of para-hydroxylation sites is 1. The van der Waals surface area contributed by atoms with Crippen LogP contribution in [0.4, 0.5) is 5.69 Å². The van der Waals surface area contributed by atoms with Crippen LogP contribution in [0.3, 0.4) is 0 Å². The first kappa shape index (κ1) is 13.9. The zero-order chi connectivity index (χ0) is 14.4. The van der Waals surface area contributed by atoms with Gasteiger partial charge in [-0.15, -0.1) is 0 Å². The largest absolute Gasteiger partial charge is 0.455 e. The van der Waals surface area contributed by atoms with Gasteiger partial charge in [-0.3, -0.25) is 0 Å². The number of nitrogens with two attached hydrogens (primary N) is 1. The highest BCUT2D eigenvalue weighted by Crippen LogP contribution is 2.29. The first-order valence-electron chi connectivity index (χ1n) is 6.29. The fourth-order valence-electron chi connectivity index (χ4n) is 1.80. The average molecular weight is 268 g/mol. The number of nitrogen functional groups attached to an aromatic ring is 1. The van der Waals surface area contributed by atoms with Crippen LogP contribution < -0.4 is 10.5 Å². The van der Waals surface area contributed by atoms with E-state index in [0.717, 1.165) is 6.42 Å². The Hall–Kier alpha value is -2.51. The Morgan fingerprint density at radius 1 is 1.15 bits per heavy atom. The van der Waals surface area contributed by atoms with E-state index >= 15 is 0 Å². The van der Waals surface area contributed by atoms with E-state index in [2.05, 4.69) is 0 Å². The third-order valence-corrected chi connectivity index (χ3v) is 2.93. The quantitative estimate of drug-likeness (QED) is 0.846. The molecule has 0 aliphatic carbocycles. The minimum Gasteiger partial charge on any atom is -0.455 e. The summed E-state index contributed by atoms with van der Waals surface area (Å²) in [5.74, 6) is 1.18. The molecule has 0 fully saturated rings. The highest BCUT2D eigenvalue weighted by molar-refractivity contribution is 5.63. The molecule has 0 atom stereocenters. The molecule has 0 aliphatic heterocycles. The van der Waals surface area contributed by atoms with Crippen molar-refractivity contribution >= 4 is 5.69 Å². The number of hydrogen-bond donors (Lipinski definition) is 1. The first-order chi connectivity index (χ1) is 9.74. The second-order valence-corrected chi connectivity index (χ2v) is 4.32. The monoisotopic (exact) mass is 268 g/mol. The molecule has 2 aromatic carbocycles. The Bertz CT molecular complexity index is 615. The predicted octanol–water partition coefficient (Wildman–Crippen LogP) is 3.12. The van der Waals surface area contributed by atoms with Crippen LogP contribution in [0.5, 0.6) is 11.5 Å². The second-order valence-electron chi connectivity index (χ2n) is 4.32. The molecule has 2 N–H and O–H groups in total. The van der Waals surface area contributed by atoms with Gasteiger partial charge in [0.05, 0.1) is 17.9 Å². The highest BCUT2D eigenvalue weighted by atomic mass is 16.5. The maximum Gasteiger partial charge on any atom is 0.151 e. The minimum absolute atomic E-state index is 0.360. The van der Waals surface area contributed by atoms with E-state index in [0.29, 0.717) is 29.4 Å². The molecule has 2 aromatic rings. The van der Waals surface area contributed by atoms with Crippen molar-refractivity contribution in [3.05, 3.63) is 53.6 Å². The SMILES string of the molecule is COCCc1ccc(Oc2cccc(C#N)c2N)cc1. The normalized spacial score (nSPS) is 10.0. The summed E-state index contributed by atoms with van der Waals surface area (Å²) in [6, 6.07) is 14.9. The van der Waals surface area contributed by atoms with E-state index in [1.54, 1.807) is 25.3 Å². The molecular weight excluding hydrogens is 252 g/mol. The Morgan fingerprint density at radius 3 is 2.55 bits per heavy atom. The van der Waals surface area contributed by atoms with Gasteiger partial charge in [-0.25, -0.2) is 0 Å². The van der Waals surface area contributed by atoms with Crippen molar-refractivity contribution in [2.45, 2.75) is 6.42 Å². The van der Waals surface area contributed by atoms with Crippen molar-refractivity contribution in [2.75, 3.05) is 19.5 Å². The Kier molecular flexibility index (Phi) is 4.59. The summed E-state index contributed by atoms with van der Waals surface area (Å²) in [4.78, 5) is 0. The maximum absolute atomic E-state index is 8.93. The third-order valence-electron chi connectivity index (χ3n) is 2.93. The molecule has 0 saturated heterocycles. The smallest absolute Gasteiger partial charge is 0.151 e. The van der Waals surface area contributed by atoms with Crippen LogP contribution in [-0.4, -0.2) is 13.7 Å². The number of rotatable bonds is 5. The third kappa shape index (κ3) is 3.28. The summed E-state index contributed by atoms with van der Waals surface area (Å²) in [5, 5.41) is 8.93. The van der Waals surface area contributed by atoms with Gasteiger partial charge in [-0.1, -0.05) is 18.2 Å². The standard InChI is InChI=1S/C16H16N2O2/c1-19-10-9-12-5-7-14(8-6-12)20-15-4-2-3-13(11-17)16(15)18/h2-8H,9-10,18H2,1H3. The summed E-state index contributed by atoms with van der Waals surface area (Å²) < 4.78 is 10.7. The predicted molar refractivity (Wildman–Crippen MR) is 77.7 cm³/mol. The molecule has 2 rings (SSSR count). The van der Waals surface area contributed by atoms with Gasteiger partial charge in [-0.05, 0) is 36.2 Å². The average Bonchev–Trinajstić information content (AvgIpc) is 2.48. The highest BCUT2D eigenvalue weighted by Gasteiger charge is 2.06. The topological polar surface area (TPSA) is 68.3 Å². The lowest BCUT2D eigenvalue weighted by atomic mass is 10.1. The van der Waals surface area contributed by atoms with Crippen LogP contribution in [0.15, 0.2) is 42.5 Å². The number of hydrogen-bond acceptors (Lipinski definition) is 4. The second kappa shape index (κ2) is 6.60. The summed E-state index contributed by atoms with van der Waals surface area (Å²) >= 11 is 0. The number of anilines is 1. The van der Waals surface area contributed by atoms with Crippen molar-refractivity contribution in [3.8, 4) is 17.6 Å². The molecule has 4 nitrogen and oxygen atoms in total. The van der Waals surface area contributed by atoms with Gasteiger partial charge in [-0.2, -0.15) is 5.26 Å². The van der Waals surface area contributed by atoms with E-state index < -0.39 is 0 Å². The molecule has 4 heteroatoms. The summed E-state index contributed by atoms with van der Waals surface area (Å²) in [6.45, 7) is 0.692. The van der Waals surface area contributed by atoms with Crippen LogP contribution in [0.2, 0.25) is 0 Å². The Morgan fingerprint density at radius 2 is 1.90 bits per heavy atom. The molecule has 0 radical (unpaired) electrons. The van der Waals surface area contributed by atoms with Crippen LogP contribution in [0.25, 0.3) is 0 Å². The summed E-state index contributed by atoms with van der Waals surface area (Å²) in [7, 11) is 1.68. The molecule has 102 valence electrons. The number of benzene rings is 2. The lowest BCUT2D eigenvalue weighted by molar-refractivity contribution is 0.202. The zero-order valence-electron chi connectivity index (χ0n) is 11.3. The van der Waals surface area contributed by atoms with Crippen molar-refractivity contribution in [1.82, 2.24) is 0 Å². The number of ether oxygens (including phenoxy) is 2. The number of methoxy groups -OCH3 is 1. The van der Waals surface area contributed by atoms with Crippen molar-refractivity contribution in [3.63, 3.8) is 0 Å². The van der Waals surface area contributed by atoms with E-state index in [4.69, 9.17) is 20.5 Å². The molecule has 0 saturated carbocycles. The zero-order valence-corrected chi connectivity index (χ0v) is 11.3. The maximum atomic E-state index is 8.93. The fourth-order valence-corrected chi connectivity index (χ4v) is 1.80. The minimum atomic E-state index is 0.360. The van der Waals surface area contributed by atoms with Crippen LogP contribution >= 0.6 is 0 Å². The van der Waals surface area contributed by atoms with Gasteiger partial charge < -0.3 is 15.2 Å². The van der Waals surface area contributed by atoms with Crippen LogP contribution in [-0.2, 0) is 11.2 Å². The van der Waals surface area contributed by atoms with E-state index in [9.17, 15) is 0 Å². The van der Waals surface area contributed by atoms with E-state index in [1.165, 1.54) is 5.56 Å². The molecular formula is C16H16N2O2. The van der Waals surface area contributed by atoms with E-state index in [1.807, 2.05) is 30.3 Å². The molecule has 0 unspecified atom stereocenters. The van der Waals surface area contributed by atoms with E-state index in [-0.39, 0.29) is 0 Å². The van der Waals surface area contributed by atoms with Gasteiger partial charge in [0, 0.05) is 7.11 Å². The molecule has 20 heavy (non-hydrogen) atoms. The van der Waals surface area contributed by atoms with Crippen LogP contribution in [0, 0.1) is 11.3 Å². The summed E-state index contributed by atoms with van der Waals surface area (Å²) in [6.07, 6.45) is 0.864. The van der Waals surface area contributed by atoms with Crippen molar-refractivity contribution in [1.29, 1.82) is 5.26 Å². The number of nitriles is 1. The van der Waals surface area contributed by atoms with Crippen LogP contribution in [0.1, 0.15) is 11.1 Å². The Balaban J connectivity index is 2.13. The molecule has 0 aromatic heterocycles. The van der Waals surface area contributed by atoms with Gasteiger partial charge in [0.2, 0.25) is 0 Å². The molecule has 0 aliphatic rings. The lowest BCUT2D eigenvalue weighted by Crippen LogP contribution is -1.96. The lowest BCUT2D eigenvalue weighted by Gasteiger charge is -2.09. The number of nitrogens with zero attached hydrogens (tertiary/aromatic N) is 1. The van der Waals surface area contributed by atoms with Crippen molar-refractivity contribution < 1.29 is 9.47 Å². The molecule has 0 amide bonds. The van der Waals surface area contributed by atoms with Gasteiger partial charge in [0.25, 0.3) is 0 Å². The first-order valence-corrected chi connectivity index (χ1v) is 6.29. The van der Waals surface area contributed by atoms with Gasteiger partial charge in [0.15, 0.2) is 5.75 Å². The fraction of sp³-hybridized carbons (Fsp3) is 0.188. The van der Waals surface area contributed by atoms with Gasteiger partial charge >= 0.3 is 0 Å². The molecule has 0 heterocycles. The van der Waals surface area contributed by atoms with Gasteiger partial charge in [0.1, 0.15) is 11.8 Å². The molecule has 0 spiro atoms. The van der Waals surface area contributed by atoms with Crippen molar-refractivity contribution in [2.24, 2.45) is 0 Å². The summed E-state index contributed by atoms with van der Waals surface area (Å²) in [5.41, 5.74) is 7.83.